The standard InChI is InChI=1S/C20H25N3O3S/c1-15-6-8-16(9-7-15)23(12-19(24)22-10-4-3-5-11-22)20(25)17-14-27-18(21-17)13-26-2/h6-9,14H,3-5,10-13H2,1-2H3. The summed E-state index contributed by atoms with van der Waals surface area (Å²) in [5.41, 5.74) is 2.15. The molecular formula is C20H25N3O3S. The highest BCUT2D eigenvalue weighted by Crippen LogP contribution is 2.21. The molecule has 7 heteroatoms. The smallest absolute Gasteiger partial charge is 0.278 e. The van der Waals surface area contributed by atoms with Crippen LogP contribution in [0, 0.1) is 6.92 Å². The Morgan fingerprint density at radius 2 is 1.89 bits per heavy atom. The van der Waals surface area contributed by atoms with Crippen molar-refractivity contribution in [2.24, 2.45) is 0 Å². The maximum absolute atomic E-state index is 13.1. The number of nitrogens with zero attached hydrogens (tertiary/aromatic N) is 3. The molecule has 0 aliphatic carbocycles. The zero-order valence-corrected chi connectivity index (χ0v) is 16.6. The summed E-state index contributed by atoms with van der Waals surface area (Å²) in [5.74, 6) is -0.279. The number of aromatic nitrogens is 1. The Balaban J connectivity index is 1.83. The van der Waals surface area contributed by atoms with E-state index in [4.69, 9.17) is 4.74 Å². The van der Waals surface area contributed by atoms with Gasteiger partial charge in [-0.05, 0) is 38.3 Å². The molecule has 0 unspecified atom stereocenters. The average Bonchev–Trinajstić information content (AvgIpc) is 3.16. The summed E-state index contributed by atoms with van der Waals surface area (Å²) in [6.07, 6.45) is 3.21. The fourth-order valence-corrected chi connectivity index (χ4v) is 3.86. The van der Waals surface area contributed by atoms with Crippen molar-refractivity contribution in [2.45, 2.75) is 32.8 Å². The van der Waals surface area contributed by atoms with Gasteiger partial charge in [0.1, 0.15) is 17.2 Å². The lowest BCUT2D eigenvalue weighted by Gasteiger charge is -2.30. The van der Waals surface area contributed by atoms with Crippen LogP contribution >= 0.6 is 11.3 Å². The van der Waals surface area contributed by atoms with Crippen LogP contribution in [0.25, 0.3) is 0 Å². The minimum atomic E-state index is -0.261. The van der Waals surface area contributed by atoms with Crippen LogP contribution in [0.5, 0.6) is 0 Å². The highest BCUT2D eigenvalue weighted by Gasteiger charge is 2.26. The minimum Gasteiger partial charge on any atom is -0.378 e. The van der Waals surface area contributed by atoms with E-state index >= 15 is 0 Å². The summed E-state index contributed by atoms with van der Waals surface area (Å²) in [6.45, 7) is 3.92. The predicted octanol–water partition coefficient (Wildman–Crippen LogP) is 3.26. The van der Waals surface area contributed by atoms with Crippen molar-refractivity contribution in [2.75, 3.05) is 31.6 Å². The third-order valence-corrected chi connectivity index (χ3v) is 5.45. The molecule has 0 radical (unpaired) electrons. The van der Waals surface area contributed by atoms with Crippen LogP contribution in [-0.4, -0.2) is 48.4 Å². The molecule has 0 atom stereocenters. The third-order valence-electron chi connectivity index (χ3n) is 4.63. The fraction of sp³-hybridized carbons (Fsp3) is 0.450. The monoisotopic (exact) mass is 387 g/mol. The molecule has 2 amide bonds. The van der Waals surface area contributed by atoms with Crippen LogP contribution in [-0.2, 0) is 16.1 Å². The number of hydrogen-bond donors (Lipinski definition) is 0. The number of methoxy groups -OCH3 is 1. The van der Waals surface area contributed by atoms with E-state index < -0.39 is 0 Å². The van der Waals surface area contributed by atoms with E-state index in [1.54, 1.807) is 12.5 Å². The molecule has 1 aliphatic rings. The van der Waals surface area contributed by atoms with Crippen molar-refractivity contribution in [3.05, 3.63) is 45.9 Å². The quantitative estimate of drug-likeness (QED) is 0.763. The molecule has 1 aromatic heterocycles. The first-order valence-corrected chi connectivity index (χ1v) is 10.1. The Morgan fingerprint density at radius 1 is 1.19 bits per heavy atom. The van der Waals surface area contributed by atoms with Gasteiger partial charge in [0.15, 0.2) is 0 Å². The summed E-state index contributed by atoms with van der Waals surface area (Å²) < 4.78 is 5.09. The summed E-state index contributed by atoms with van der Waals surface area (Å²) in [5, 5.41) is 2.47. The minimum absolute atomic E-state index is 0.0176. The van der Waals surface area contributed by atoms with Crippen molar-refractivity contribution >= 4 is 28.8 Å². The number of aryl methyl sites for hydroxylation is 1. The lowest BCUT2D eigenvalue weighted by molar-refractivity contribution is -0.130. The van der Waals surface area contributed by atoms with Crippen LogP contribution in [0.1, 0.15) is 40.3 Å². The Bertz CT molecular complexity index is 782. The molecule has 1 fully saturated rings. The van der Waals surface area contributed by atoms with Crippen molar-refractivity contribution in [3.63, 3.8) is 0 Å². The van der Waals surface area contributed by atoms with Gasteiger partial charge in [0.25, 0.3) is 5.91 Å². The van der Waals surface area contributed by atoms with E-state index in [-0.39, 0.29) is 18.4 Å². The van der Waals surface area contributed by atoms with Gasteiger partial charge in [-0.1, -0.05) is 17.7 Å². The largest absolute Gasteiger partial charge is 0.378 e. The van der Waals surface area contributed by atoms with Gasteiger partial charge in [0.05, 0.1) is 6.61 Å². The number of rotatable bonds is 6. The first kappa shape index (κ1) is 19.5. The molecule has 3 rings (SSSR count). The summed E-state index contributed by atoms with van der Waals surface area (Å²) >= 11 is 1.39. The molecule has 0 saturated carbocycles. The highest BCUT2D eigenvalue weighted by atomic mass is 32.1. The molecule has 144 valence electrons. The van der Waals surface area contributed by atoms with Crippen molar-refractivity contribution < 1.29 is 14.3 Å². The second kappa shape index (κ2) is 9.10. The van der Waals surface area contributed by atoms with Crippen LogP contribution < -0.4 is 4.90 Å². The Labute approximate surface area is 163 Å². The maximum atomic E-state index is 13.1. The van der Waals surface area contributed by atoms with Crippen molar-refractivity contribution in [1.29, 1.82) is 0 Å². The summed E-state index contributed by atoms with van der Waals surface area (Å²) in [4.78, 5) is 33.7. The predicted molar refractivity (Wildman–Crippen MR) is 106 cm³/mol. The van der Waals surface area contributed by atoms with Gasteiger partial charge in [0.2, 0.25) is 5.91 Å². The Hall–Kier alpha value is -2.25. The molecule has 6 nitrogen and oxygen atoms in total. The number of amides is 2. The van der Waals surface area contributed by atoms with Crippen LogP contribution in [0.2, 0.25) is 0 Å². The van der Waals surface area contributed by atoms with Gasteiger partial charge >= 0.3 is 0 Å². The second-order valence-electron chi connectivity index (χ2n) is 6.73. The van der Waals surface area contributed by atoms with Crippen molar-refractivity contribution in [1.82, 2.24) is 9.88 Å². The number of carbonyl (C=O) groups excluding carboxylic acids is 2. The number of hydrogen-bond acceptors (Lipinski definition) is 5. The molecule has 1 aliphatic heterocycles. The van der Waals surface area contributed by atoms with E-state index in [2.05, 4.69) is 4.98 Å². The molecule has 0 N–H and O–H groups in total. The van der Waals surface area contributed by atoms with E-state index in [1.807, 2.05) is 36.1 Å². The number of thiazole rings is 1. The molecular weight excluding hydrogens is 362 g/mol. The lowest BCUT2D eigenvalue weighted by atomic mass is 10.1. The molecule has 0 bridgehead atoms. The summed E-state index contributed by atoms with van der Waals surface area (Å²) in [7, 11) is 1.60. The van der Waals surface area contributed by atoms with Gasteiger partial charge in [-0.3, -0.25) is 14.5 Å². The number of benzene rings is 1. The third kappa shape index (κ3) is 4.93. The van der Waals surface area contributed by atoms with Crippen molar-refractivity contribution in [3.8, 4) is 0 Å². The molecule has 27 heavy (non-hydrogen) atoms. The van der Waals surface area contributed by atoms with Crippen LogP contribution in [0.15, 0.2) is 29.6 Å². The van der Waals surface area contributed by atoms with E-state index in [0.717, 1.165) is 42.9 Å². The lowest BCUT2D eigenvalue weighted by Crippen LogP contribution is -2.45. The van der Waals surface area contributed by atoms with E-state index in [1.165, 1.54) is 16.2 Å². The zero-order valence-electron chi connectivity index (χ0n) is 15.8. The van der Waals surface area contributed by atoms with Gasteiger partial charge < -0.3 is 9.64 Å². The van der Waals surface area contributed by atoms with Gasteiger partial charge in [-0.25, -0.2) is 4.98 Å². The number of anilines is 1. The van der Waals surface area contributed by atoms with E-state index in [0.29, 0.717) is 18.0 Å². The molecule has 0 spiro atoms. The van der Waals surface area contributed by atoms with Gasteiger partial charge in [-0.15, -0.1) is 11.3 Å². The van der Waals surface area contributed by atoms with Gasteiger partial charge in [0, 0.05) is 31.3 Å². The fourth-order valence-electron chi connectivity index (χ4n) is 3.12. The molecule has 2 heterocycles. The summed E-state index contributed by atoms with van der Waals surface area (Å²) in [6, 6.07) is 7.63. The van der Waals surface area contributed by atoms with Crippen LogP contribution in [0.3, 0.4) is 0 Å². The highest BCUT2D eigenvalue weighted by molar-refractivity contribution is 7.09. The average molecular weight is 388 g/mol. The molecule has 1 saturated heterocycles. The molecule has 1 aromatic carbocycles. The Morgan fingerprint density at radius 3 is 2.56 bits per heavy atom. The first-order chi connectivity index (χ1) is 13.1. The number of piperidine rings is 1. The maximum Gasteiger partial charge on any atom is 0.278 e. The number of likely N-dealkylation sites (tertiary alicyclic amines) is 1. The Kier molecular flexibility index (Phi) is 6.58. The SMILES string of the molecule is COCc1nc(C(=O)N(CC(=O)N2CCCCC2)c2ccc(C)cc2)cs1. The molecule has 2 aromatic rings. The normalized spacial score (nSPS) is 14.2. The second-order valence-corrected chi connectivity index (χ2v) is 7.67. The zero-order chi connectivity index (χ0) is 19.2. The first-order valence-electron chi connectivity index (χ1n) is 9.18. The van der Waals surface area contributed by atoms with Gasteiger partial charge in [-0.2, -0.15) is 0 Å². The van der Waals surface area contributed by atoms with Crippen LogP contribution in [0.4, 0.5) is 5.69 Å². The number of carbonyl (C=O) groups is 2. The van der Waals surface area contributed by atoms with E-state index in [9.17, 15) is 9.59 Å². The topological polar surface area (TPSA) is 62.7 Å². The number of ether oxygens (including phenoxy) is 1.